The van der Waals surface area contributed by atoms with Crippen molar-refractivity contribution in [3.63, 3.8) is 0 Å². The van der Waals surface area contributed by atoms with Crippen molar-refractivity contribution in [1.82, 2.24) is 4.90 Å². The SMILES string of the molecule is CN(C)C(=O)c1ccc(NC(=O)COC(=O)CC23C[C@H]4C[C@@H](CC(Br)(C4)C2)C3)cc1. The van der Waals surface area contributed by atoms with Crippen molar-refractivity contribution < 1.29 is 19.1 Å². The van der Waals surface area contributed by atoms with E-state index in [4.69, 9.17) is 4.74 Å². The van der Waals surface area contributed by atoms with Crippen LogP contribution < -0.4 is 5.32 Å². The Kier molecular flexibility index (Phi) is 5.68. The Bertz CT molecular complexity index is 837. The van der Waals surface area contributed by atoms with Crippen molar-refractivity contribution in [2.45, 2.75) is 49.3 Å². The van der Waals surface area contributed by atoms with Crippen molar-refractivity contribution in [2.75, 3.05) is 26.0 Å². The Morgan fingerprint density at radius 2 is 1.73 bits per heavy atom. The van der Waals surface area contributed by atoms with Crippen LogP contribution in [0.5, 0.6) is 0 Å². The highest BCUT2D eigenvalue weighted by Gasteiger charge is 2.57. The number of halogens is 1. The molecule has 0 spiro atoms. The van der Waals surface area contributed by atoms with Crippen LogP contribution in [0.15, 0.2) is 24.3 Å². The number of rotatable bonds is 6. The molecule has 2 atom stereocenters. The van der Waals surface area contributed by atoms with E-state index in [0.29, 0.717) is 29.5 Å². The molecule has 7 heteroatoms. The van der Waals surface area contributed by atoms with Crippen LogP contribution >= 0.6 is 15.9 Å². The maximum absolute atomic E-state index is 12.5. The van der Waals surface area contributed by atoms with Gasteiger partial charge in [0.1, 0.15) is 0 Å². The van der Waals surface area contributed by atoms with Gasteiger partial charge in [-0.1, -0.05) is 15.9 Å². The van der Waals surface area contributed by atoms with Crippen molar-refractivity contribution in [3.8, 4) is 0 Å². The summed E-state index contributed by atoms with van der Waals surface area (Å²) in [6, 6.07) is 6.66. The molecule has 0 unspecified atom stereocenters. The quantitative estimate of drug-likeness (QED) is 0.497. The lowest BCUT2D eigenvalue weighted by molar-refractivity contribution is -0.153. The summed E-state index contributed by atoms with van der Waals surface area (Å²) in [5.41, 5.74) is 1.15. The Balaban J connectivity index is 1.26. The monoisotopic (exact) mass is 476 g/mol. The van der Waals surface area contributed by atoms with Crippen molar-refractivity contribution in [1.29, 1.82) is 0 Å². The van der Waals surface area contributed by atoms with Gasteiger partial charge in [-0.05, 0) is 80.0 Å². The fourth-order valence-corrected chi connectivity index (χ4v) is 7.71. The number of hydrogen-bond donors (Lipinski definition) is 1. The van der Waals surface area contributed by atoms with Crippen LogP contribution in [0.2, 0.25) is 0 Å². The number of nitrogens with one attached hydrogen (secondary N) is 1. The van der Waals surface area contributed by atoms with Gasteiger partial charge in [-0.25, -0.2) is 0 Å². The third kappa shape index (κ3) is 4.56. The van der Waals surface area contributed by atoms with Crippen LogP contribution in [-0.4, -0.2) is 47.7 Å². The van der Waals surface area contributed by atoms with E-state index >= 15 is 0 Å². The number of anilines is 1. The molecule has 0 aliphatic heterocycles. The molecule has 1 aromatic rings. The third-order valence-corrected chi connectivity index (χ3v) is 7.74. The number of hydrogen-bond acceptors (Lipinski definition) is 4. The second kappa shape index (κ2) is 7.98. The van der Waals surface area contributed by atoms with Gasteiger partial charge >= 0.3 is 5.97 Å². The maximum atomic E-state index is 12.5. The number of carbonyl (C=O) groups is 3. The fraction of sp³-hybridized carbons (Fsp3) is 0.609. The van der Waals surface area contributed by atoms with Gasteiger partial charge in [-0.15, -0.1) is 0 Å². The summed E-state index contributed by atoms with van der Waals surface area (Å²) in [7, 11) is 3.38. The van der Waals surface area contributed by atoms with E-state index in [1.165, 1.54) is 24.2 Å². The average molecular weight is 477 g/mol. The van der Waals surface area contributed by atoms with Crippen LogP contribution in [0.4, 0.5) is 5.69 Å². The molecule has 5 rings (SSSR count). The standard InChI is InChI=1S/C23H29BrN2O4/c1-26(2)21(29)17-3-5-18(6-4-17)25-19(27)13-30-20(28)12-22-8-15-7-16(9-22)11-23(24,10-15)14-22/h3-6,15-16H,7-14H2,1-2H3,(H,25,27)/t15-,16-,22?,23?/m1/s1. The lowest BCUT2D eigenvalue weighted by atomic mass is 9.49. The molecular formula is C23H29BrN2O4. The van der Waals surface area contributed by atoms with E-state index in [1.54, 1.807) is 38.4 Å². The van der Waals surface area contributed by atoms with E-state index in [2.05, 4.69) is 21.2 Å². The van der Waals surface area contributed by atoms with Crippen molar-refractivity contribution in [2.24, 2.45) is 17.3 Å². The first-order valence-corrected chi connectivity index (χ1v) is 11.4. The summed E-state index contributed by atoms with van der Waals surface area (Å²) in [6.07, 6.45) is 7.40. The zero-order valence-corrected chi connectivity index (χ0v) is 19.2. The number of carbonyl (C=O) groups excluding carboxylic acids is 3. The first-order valence-electron chi connectivity index (χ1n) is 10.6. The Hall–Kier alpha value is -1.89. The summed E-state index contributed by atoms with van der Waals surface area (Å²) >= 11 is 3.96. The lowest BCUT2D eigenvalue weighted by Gasteiger charge is -2.60. The molecule has 4 saturated carbocycles. The molecule has 1 aromatic carbocycles. The summed E-state index contributed by atoms with van der Waals surface area (Å²) in [5, 5.41) is 2.71. The predicted octanol–water partition coefficient (Wildman–Crippen LogP) is 3.99. The van der Waals surface area contributed by atoms with Crippen LogP contribution in [-0.2, 0) is 14.3 Å². The number of esters is 1. The molecule has 0 heterocycles. The van der Waals surface area contributed by atoms with Gasteiger partial charge in [0.05, 0.1) is 6.42 Å². The topological polar surface area (TPSA) is 75.7 Å². The molecule has 1 N–H and O–H groups in total. The number of alkyl halides is 1. The summed E-state index contributed by atoms with van der Waals surface area (Å²) in [5.74, 6) is 0.664. The van der Waals surface area contributed by atoms with Gasteiger partial charge in [0.2, 0.25) is 0 Å². The molecule has 4 fully saturated rings. The molecule has 4 bridgehead atoms. The first-order chi connectivity index (χ1) is 14.2. The highest BCUT2D eigenvalue weighted by atomic mass is 79.9. The number of ether oxygens (including phenoxy) is 1. The van der Waals surface area contributed by atoms with E-state index in [0.717, 1.165) is 19.3 Å². The van der Waals surface area contributed by atoms with Gasteiger partial charge in [-0.3, -0.25) is 14.4 Å². The first kappa shape index (κ1) is 21.3. The lowest BCUT2D eigenvalue weighted by Crippen LogP contribution is -2.53. The number of amides is 2. The molecule has 2 amide bonds. The van der Waals surface area contributed by atoms with Crippen LogP contribution in [0.1, 0.15) is 55.3 Å². The van der Waals surface area contributed by atoms with E-state index in [-0.39, 0.29) is 34.1 Å². The molecule has 0 saturated heterocycles. The van der Waals surface area contributed by atoms with E-state index in [1.807, 2.05) is 0 Å². The Morgan fingerprint density at radius 3 is 2.30 bits per heavy atom. The average Bonchev–Trinajstić information content (AvgIpc) is 2.64. The predicted molar refractivity (Wildman–Crippen MR) is 117 cm³/mol. The van der Waals surface area contributed by atoms with Gasteiger partial charge in [0, 0.05) is 29.7 Å². The smallest absolute Gasteiger partial charge is 0.306 e. The normalized spacial score (nSPS) is 31.3. The van der Waals surface area contributed by atoms with Gasteiger partial charge in [-0.2, -0.15) is 0 Å². The minimum atomic E-state index is -0.377. The largest absolute Gasteiger partial charge is 0.456 e. The molecule has 0 aromatic heterocycles. The van der Waals surface area contributed by atoms with Gasteiger partial charge in [0.25, 0.3) is 11.8 Å². The molecular weight excluding hydrogens is 448 g/mol. The summed E-state index contributed by atoms with van der Waals surface area (Å²) < 4.78 is 5.52. The summed E-state index contributed by atoms with van der Waals surface area (Å²) in [6.45, 7) is -0.292. The van der Waals surface area contributed by atoms with Crippen LogP contribution in [0.3, 0.4) is 0 Å². The zero-order chi connectivity index (χ0) is 21.5. The van der Waals surface area contributed by atoms with Gasteiger partial charge in [0.15, 0.2) is 6.61 Å². The van der Waals surface area contributed by atoms with Crippen molar-refractivity contribution >= 4 is 39.4 Å². The van der Waals surface area contributed by atoms with Gasteiger partial charge < -0.3 is 15.0 Å². The number of benzene rings is 1. The molecule has 4 aliphatic carbocycles. The summed E-state index contributed by atoms with van der Waals surface area (Å²) in [4.78, 5) is 38.1. The molecule has 162 valence electrons. The Labute approximate surface area is 185 Å². The second-order valence-electron chi connectivity index (χ2n) is 9.77. The van der Waals surface area contributed by atoms with Crippen molar-refractivity contribution in [3.05, 3.63) is 29.8 Å². The maximum Gasteiger partial charge on any atom is 0.306 e. The van der Waals surface area contributed by atoms with Crippen LogP contribution in [0.25, 0.3) is 0 Å². The zero-order valence-electron chi connectivity index (χ0n) is 17.6. The van der Waals surface area contributed by atoms with Crippen LogP contribution in [0, 0.1) is 17.3 Å². The molecule has 0 radical (unpaired) electrons. The molecule has 6 nitrogen and oxygen atoms in total. The van der Waals surface area contributed by atoms with E-state index in [9.17, 15) is 14.4 Å². The highest BCUT2D eigenvalue weighted by molar-refractivity contribution is 9.10. The minimum Gasteiger partial charge on any atom is -0.456 e. The fourth-order valence-electron chi connectivity index (χ4n) is 6.20. The molecule has 30 heavy (non-hydrogen) atoms. The van der Waals surface area contributed by atoms with E-state index < -0.39 is 0 Å². The third-order valence-electron chi connectivity index (χ3n) is 6.82. The molecule has 4 aliphatic rings. The second-order valence-corrected chi connectivity index (χ2v) is 11.5. The Morgan fingerprint density at radius 1 is 1.10 bits per heavy atom. The number of nitrogens with zero attached hydrogens (tertiary/aromatic N) is 1. The minimum absolute atomic E-state index is 0.0376. The highest BCUT2D eigenvalue weighted by Crippen LogP contribution is 2.65.